The molecule has 0 aliphatic carbocycles. The Kier molecular flexibility index (Phi) is 4.31. The van der Waals surface area contributed by atoms with E-state index in [-0.39, 0.29) is 6.04 Å². The molecule has 2 heterocycles. The number of carbonyl (C=O) groups is 1. The summed E-state index contributed by atoms with van der Waals surface area (Å²) in [4.78, 5) is 14.7. The molecule has 2 aliphatic rings. The molecule has 3 nitrogen and oxygen atoms in total. The zero-order valence-corrected chi connectivity index (χ0v) is 12.2. The lowest BCUT2D eigenvalue weighted by molar-refractivity contribution is -0.134. The van der Waals surface area contributed by atoms with Crippen LogP contribution in [0.2, 0.25) is 0 Å². The molecule has 0 aromatic rings. The summed E-state index contributed by atoms with van der Waals surface area (Å²) in [5.41, 5.74) is 0.396. The maximum atomic E-state index is 12.6. The van der Waals surface area contributed by atoms with E-state index in [1.807, 2.05) is 0 Å². The van der Waals surface area contributed by atoms with Crippen molar-refractivity contribution in [2.45, 2.75) is 58.9 Å². The van der Waals surface area contributed by atoms with E-state index in [2.05, 4.69) is 31.0 Å². The van der Waals surface area contributed by atoms with E-state index in [1.54, 1.807) is 0 Å². The Morgan fingerprint density at radius 2 is 2.11 bits per heavy atom. The summed E-state index contributed by atoms with van der Waals surface area (Å²) < 4.78 is 0. The monoisotopic (exact) mass is 252 g/mol. The molecule has 3 heteroatoms. The summed E-state index contributed by atoms with van der Waals surface area (Å²) in [6.07, 6.45) is 5.97. The van der Waals surface area contributed by atoms with Crippen LogP contribution in [-0.2, 0) is 4.79 Å². The van der Waals surface area contributed by atoms with Gasteiger partial charge in [-0.25, -0.2) is 0 Å². The highest BCUT2D eigenvalue weighted by Crippen LogP contribution is 2.37. The van der Waals surface area contributed by atoms with E-state index < -0.39 is 0 Å². The maximum absolute atomic E-state index is 12.6. The van der Waals surface area contributed by atoms with Crippen molar-refractivity contribution in [3.05, 3.63) is 0 Å². The SMILES string of the molecule is CCC1(CC)CCN(C(=O)C2NCCCC2C)C1. The molecule has 2 saturated heterocycles. The van der Waals surface area contributed by atoms with Crippen LogP contribution in [0.15, 0.2) is 0 Å². The van der Waals surface area contributed by atoms with Gasteiger partial charge in [0.05, 0.1) is 6.04 Å². The molecule has 2 rings (SSSR count). The van der Waals surface area contributed by atoms with Gasteiger partial charge in [-0.05, 0) is 50.0 Å². The van der Waals surface area contributed by atoms with Crippen LogP contribution in [0.3, 0.4) is 0 Å². The second-order valence-electron chi connectivity index (χ2n) is 6.27. The van der Waals surface area contributed by atoms with Gasteiger partial charge in [0.25, 0.3) is 0 Å². The Hall–Kier alpha value is -0.570. The van der Waals surface area contributed by atoms with Gasteiger partial charge in [0.15, 0.2) is 0 Å². The van der Waals surface area contributed by atoms with Gasteiger partial charge in [-0.15, -0.1) is 0 Å². The van der Waals surface area contributed by atoms with Gasteiger partial charge >= 0.3 is 0 Å². The first kappa shape index (κ1) is 13.9. The van der Waals surface area contributed by atoms with Crippen molar-refractivity contribution in [1.29, 1.82) is 0 Å². The number of hydrogen-bond acceptors (Lipinski definition) is 2. The van der Waals surface area contributed by atoms with Crippen LogP contribution >= 0.6 is 0 Å². The minimum Gasteiger partial charge on any atom is -0.341 e. The third kappa shape index (κ3) is 2.56. The van der Waals surface area contributed by atoms with Gasteiger partial charge in [0.2, 0.25) is 5.91 Å². The second-order valence-corrected chi connectivity index (χ2v) is 6.27. The Labute approximate surface area is 111 Å². The molecular weight excluding hydrogens is 224 g/mol. The Morgan fingerprint density at radius 3 is 2.67 bits per heavy atom. The first-order valence-electron chi connectivity index (χ1n) is 7.64. The van der Waals surface area contributed by atoms with Crippen LogP contribution in [0.4, 0.5) is 0 Å². The standard InChI is InChI=1S/C15H28N2O/c1-4-15(5-2)8-10-17(11-15)14(18)13-12(3)7-6-9-16-13/h12-13,16H,4-11H2,1-3H3. The van der Waals surface area contributed by atoms with Crippen LogP contribution in [0.1, 0.15) is 52.9 Å². The van der Waals surface area contributed by atoms with E-state index in [0.717, 1.165) is 19.6 Å². The first-order valence-corrected chi connectivity index (χ1v) is 7.64. The molecule has 0 aromatic carbocycles. The second kappa shape index (κ2) is 5.60. The van der Waals surface area contributed by atoms with Crippen LogP contribution < -0.4 is 5.32 Å². The summed E-state index contributed by atoms with van der Waals surface area (Å²) in [5.74, 6) is 0.843. The van der Waals surface area contributed by atoms with Crippen LogP contribution in [0, 0.1) is 11.3 Å². The quantitative estimate of drug-likeness (QED) is 0.836. The van der Waals surface area contributed by atoms with Crippen molar-refractivity contribution >= 4 is 5.91 Å². The maximum Gasteiger partial charge on any atom is 0.239 e. The van der Waals surface area contributed by atoms with E-state index in [1.165, 1.54) is 32.1 Å². The summed E-state index contributed by atoms with van der Waals surface area (Å²) in [7, 11) is 0. The number of nitrogens with zero attached hydrogens (tertiary/aromatic N) is 1. The number of rotatable bonds is 3. The van der Waals surface area contributed by atoms with Crippen molar-refractivity contribution in [2.75, 3.05) is 19.6 Å². The molecule has 2 fully saturated rings. The van der Waals surface area contributed by atoms with E-state index in [9.17, 15) is 4.79 Å². The van der Waals surface area contributed by atoms with Crippen molar-refractivity contribution in [2.24, 2.45) is 11.3 Å². The highest BCUT2D eigenvalue weighted by atomic mass is 16.2. The fourth-order valence-corrected chi connectivity index (χ4v) is 3.53. The molecule has 104 valence electrons. The molecule has 18 heavy (non-hydrogen) atoms. The third-order valence-electron chi connectivity index (χ3n) is 5.29. The van der Waals surface area contributed by atoms with Gasteiger partial charge < -0.3 is 10.2 Å². The van der Waals surface area contributed by atoms with Gasteiger partial charge in [0, 0.05) is 13.1 Å². The molecule has 2 aliphatic heterocycles. The topological polar surface area (TPSA) is 32.3 Å². The summed E-state index contributed by atoms with van der Waals surface area (Å²) >= 11 is 0. The molecule has 0 aromatic heterocycles. The zero-order valence-electron chi connectivity index (χ0n) is 12.2. The average molecular weight is 252 g/mol. The lowest BCUT2D eigenvalue weighted by Crippen LogP contribution is -2.52. The molecule has 1 amide bonds. The molecule has 0 spiro atoms. The normalized spacial score (nSPS) is 31.6. The van der Waals surface area contributed by atoms with Gasteiger partial charge in [-0.1, -0.05) is 20.8 Å². The summed E-state index contributed by atoms with van der Waals surface area (Å²) in [5, 5.41) is 3.42. The van der Waals surface area contributed by atoms with E-state index >= 15 is 0 Å². The highest BCUT2D eigenvalue weighted by molar-refractivity contribution is 5.82. The first-order chi connectivity index (χ1) is 8.62. The summed E-state index contributed by atoms with van der Waals surface area (Å²) in [6, 6.07) is 0.0725. The third-order valence-corrected chi connectivity index (χ3v) is 5.29. The molecule has 0 saturated carbocycles. The molecule has 1 N–H and O–H groups in total. The Morgan fingerprint density at radius 1 is 1.39 bits per heavy atom. The molecule has 0 bridgehead atoms. The number of piperidine rings is 1. The Bertz CT molecular complexity index is 299. The predicted molar refractivity (Wildman–Crippen MR) is 74.4 cm³/mol. The molecular formula is C15H28N2O. The van der Waals surface area contributed by atoms with E-state index in [0.29, 0.717) is 17.2 Å². The Balaban J connectivity index is 1.98. The van der Waals surface area contributed by atoms with Crippen molar-refractivity contribution in [1.82, 2.24) is 10.2 Å². The molecule has 2 atom stereocenters. The lowest BCUT2D eigenvalue weighted by Gasteiger charge is -2.33. The number of likely N-dealkylation sites (tertiary alicyclic amines) is 1. The number of carbonyl (C=O) groups excluding carboxylic acids is 1. The smallest absolute Gasteiger partial charge is 0.239 e. The number of amides is 1. The van der Waals surface area contributed by atoms with Gasteiger partial charge in [0.1, 0.15) is 0 Å². The van der Waals surface area contributed by atoms with Crippen molar-refractivity contribution in [3.8, 4) is 0 Å². The lowest BCUT2D eigenvalue weighted by atomic mass is 9.82. The molecule has 2 unspecified atom stereocenters. The number of hydrogen-bond donors (Lipinski definition) is 1. The van der Waals surface area contributed by atoms with Gasteiger partial charge in [-0.3, -0.25) is 4.79 Å². The van der Waals surface area contributed by atoms with Crippen molar-refractivity contribution in [3.63, 3.8) is 0 Å². The van der Waals surface area contributed by atoms with E-state index in [4.69, 9.17) is 0 Å². The predicted octanol–water partition coefficient (Wildman–Crippen LogP) is 2.41. The highest BCUT2D eigenvalue weighted by Gasteiger charge is 2.40. The minimum absolute atomic E-state index is 0.0725. The van der Waals surface area contributed by atoms with Crippen LogP contribution in [-0.4, -0.2) is 36.5 Å². The fraction of sp³-hybridized carbons (Fsp3) is 0.933. The van der Waals surface area contributed by atoms with Crippen LogP contribution in [0.25, 0.3) is 0 Å². The average Bonchev–Trinajstić information content (AvgIpc) is 2.84. The number of nitrogens with one attached hydrogen (secondary N) is 1. The van der Waals surface area contributed by atoms with Crippen molar-refractivity contribution < 1.29 is 4.79 Å². The fourth-order valence-electron chi connectivity index (χ4n) is 3.53. The van der Waals surface area contributed by atoms with Crippen LogP contribution in [0.5, 0.6) is 0 Å². The zero-order chi connectivity index (χ0) is 13.2. The largest absolute Gasteiger partial charge is 0.341 e. The minimum atomic E-state index is 0.0725. The van der Waals surface area contributed by atoms with Gasteiger partial charge in [-0.2, -0.15) is 0 Å². The molecule has 0 radical (unpaired) electrons. The summed E-state index contributed by atoms with van der Waals surface area (Å²) in [6.45, 7) is 9.67.